The molecule has 5 nitrogen and oxygen atoms in total. The highest BCUT2D eigenvalue weighted by Gasteiger charge is 2.13. The van der Waals surface area contributed by atoms with Crippen molar-refractivity contribution in [1.82, 2.24) is 0 Å². The molecule has 0 atom stereocenters. The minimum atomic E-state index is -0.256. The van der Waals surface area contributed by atoms with Gasteiger partial charge in [0.05, 0.1) is 19.6 Å². The van der Waals surface area contributed by atoms with E-state index < -0.39 is 0 Å². The molecule has 0 saturated heterocycles. The van der Waals surface area contributed by atoms with Crippen molar-refractivity contribution in [3.63, 3.8) is 0 Å². The van der Waals surface area contributed by atoms with Crippen LogP contribution < -0.4 is 14.2 Å². The Kier molecular flexibility index (Phi) is 3.69. The van der Waals surface area contributed by atoms with Gasteiger partial charge in [0.1, 0.15) is 5.75 Å². The van der Waals surface area contributed by atoms with Crippen LogP contribution in [0, 0.1) is 0 Å². The molecule has 0 spiro atoms. The number of carbonyl (C=O) groups excluding carboxylic acids is 1. The summed E-state index contributed by atoms with van der Waals surface area (Å²) in [5.74, 6) is 1.77. The molecule has 92 valence electrons. The number of fused-ring (bicyclic) bond motifs is 1. The van der Waals surface area contributed by atoms with E-state index in [1.165, 1.54) is 0 Å². The predicted molar refractivity (Wildman–Crippen MR) is 59.3 cm³/mol. The second kappa shape index (κ2) is 5.43. The molecule has 0 aliphatic carbocycles. The largest absolute Gasteiger partial charge is 0.493 e. The zero-order valence-electron chi connectivity index (χ0n) is 9.60. The Morgan fingerprint density at radius 1 is 1.35 bits per heavy atom. The molecule has 1 aromatic rings. The maximum atomic E-state index is 11.1. The van der Waals surface area contributed by atoms with E-state index in [0.29, 0.717) is 30.5 Å². The maximum Gasteiger partial charge on any atom is 0.309 e. The number of ether oxygens (including phenoxy) is 4. The van der Waals surface area contributed by atoms with Crippen LogP contribution in [-0.4, -0.2) is 26.0 Å². The lowest BCUT2D eigenvalue weighted by Gasteiger charge is -2.06. The van der Waals surface area contributed by atoms with Crippen LogP contribution in [0.1, 0.15) is 13.3 Å². The molecule has 5 heteroatoms. The molecule has 2 rings (SSSR count). The van der Waals surface area contributed by atoms with Crippen molar-refractivity contribution in [2.24, 2.45) is 0 Å². The summed E-state index contributed by atoms with van der Waals surface area (Å²) in [6.07, 6.45) is 0.238. The summed E-state index contributed by atoms with van der Waals surface area (Å²) in [7, 11) is 0. The number of esters is 1. The van der Waals surface area contributed by atoms with Crippen LogP contribution in [0.2, 0.25) is 0 Å². The molecule has 0 aromatic heterocycles. The topological polar surface area (TPSA) is 54.0 Å². The van der Waals surface area contributed by atoms with Gasteiger partial charge in [0.2, 0.25) is 6.79 Å². The van der Waals surface area contributed by atoms with E-state index in [-0.39, 0.29) is 19.2 Å². The summed E-state index contributed by atoms with van der Waals surface area (Å²) in [4.78, 5) is 11.1. The van der Waals surface area contributed by atoms with Crippen LogP contribution >= 0.6 is 0 Å². The highest BCUT2D eigenvalue weighted by atomic mass is 16.7. The Hall–Kier alpha value is -1.91. The number of rotatable bonds is 5. The van der Waals surface area contributed by atoms with E-state index in [2.05, 4.69) is 0 Å². The van der Waals surface area contributed by atoms with Crippen molar-refractivity contribution >= 4 is 5.97 Å². The fourth-order valence-corrected chi connectivity index (χ4v) is 1.45. The highest BCUT2D eigenvalue weighted by Crippen LogP contribution is 2.35. The van der Waals surface area contributed by atoms with E-state index in [0.717, 1.165) is 0 Å². The second-order valence-electron chi connectivity index (χ2n) is 3.42. The van der Waals surface area contributed by atoms with Crippen molar-refractivity contribution in [3.05, 3.63) is 18.2 Å². The summed E-state index contributed by atoms with van der Waals surface area (Å²) in [5.41, 5.74) is 0. The van der Waals surface area contributed by atoms with Crippen LogP contribution in [0.4, 0.5) is 0 Å². The van der Waals surface area contributed by atoms with Gasteiger partial charge in [-0.3, -0.25) is 4.79 Å². The number of hydrogen-bond acceptors (Lipinski definition) is 5. The van der Waals surface area contributed by atoms with E-state index in [9.17, 15) is 4.79 Å². The van der Waals surface area contributed by atoms with Crippen molar-refractivity contribution in [2.75, 3.05) is 20.0 Å². The summed E-state index contributed by atoms with van der Waals surface area (Å²) in [5, 5.41) is 0. The summed E-state index contributed by atoms with van der Waals surface area (Å²) in [6, 6.07) is 5.30. The Morgan fingerprint density at radius 2 is 2.18 bits per heavy atom. The second-order valence-corrected chi connectivity index (χ2v) is 3.42. The minimum absolute atomic E-state index is 0.238. The SMILES string of the molecule is CCOC(=O)CCOc1ccc2c(c1)OCO2. The molecule has 0 amide bonds. The minimum Gasteiger partial charge on any atom is -0.493 e. The molecule has 0 saturated carbocycles. The maximum absolute atomic E-state index is 11.1. The first kappa shape index (κ1) is 11.6. The molecular weight excluding hydrogens is 224 g/mol. The average Bonchev–Trinajstić information content (AvgIpc) is 2.76. The highest BCUT2D eigenvalue weighted by molar-refractivity contribution is 5.69. The predicted octanol–water partition coefficient (Wildman–Crippen LogP) is 1.75. The van der Waals surface area contributed by atoms with Gasteiger partial charge >= 0.3 is 5.97 Å². The molecule has 1 aliphatic rings. The van der Waals surface area contributed by atoms with Crippen LogP contribution in [0.25, 0.3) is 0 Å². The third kappa shape index (κ3) is 3.03. The molecule has 0 unspecified atom stereocenters. The van der Waals surface area contributed by atoms with Gasteiger partial charge < -0.3 is 18.9 Å². The summed E-state index contributed by atoms with van der Waals surface area (Å²) >= 11 is 0. The Bertz CT molecular complexity index is 402. The van der Waals surface area contributed by atoms with Gasteiger partial charge in [-0.1, -0.05) is 0 Å². The Balaban J connectivity index is 1.81. The molecular formula is C12H14O5. The quantitative estimate of drug-likeness (QED) is 0.731. The molecule has 0 N–H and O–H groups in total. The molecule has 0 fully saturated rings. The Morgan fingerprint density at radius 3 is 3.00 bits per heavy atom. The van der Waals surface area contributed by atoms with Crippen LogP contribution in [-0.2, 0) is 9.53 Å². The van der Waals surface area contributed by atoms with Gasteiger partial charge in [-0.25, -0.2) is 0 Å². The molecule has 1 heterocycles. The van der Waals surface area contributed by atoms with Gasteiger partial charge in [-0.2, -0.15) is 0 Å². The van der Waals surface area contributed by atoms with Gasteiger partial charge in [-0.05, 0) is 19.1 Å². The van der Waals surface area contributed by atoms with Gasteiger partial charge in [0, 0.05) is 6.07 Å². The van der Waals surface area contributed by atoms with Crippen LogP contribution in [0.5, 0.6) is 17.2 Å². The van der Waals surface area contributed by atoms with Crippen LogP contribution in [0.15, 0.2) is 18.2 Å². The number of carbonyl (C=O) groups is 1. The summed E-state index contributed by atoms with van der Waals surface area (Å²) in [6.45, 7) is 2.69. The first-order valence-electron chi connectivity index (χ1n) is 5.47. The fraction of sp³-hybridized carbons (Fsp3) is 0.417. The lowest BCUT2D eigenvalue weighted by Crippen LogP contribution is -2.09. The fourth-order valence-electron chi connectivity index (χ4n) is 1.45. The van der Waals surface area contributed by atoms with E-state index >= 15 is 0 Å². The van der Waals surface area contributed by atoms with Gasteiger partial charge in [0.25, 0.3) is 0 Å². The average molecular weight is 238 g/mol. The third-order valence-corrected chi connectivity index (χ3v) is 2.22. The van der Waals surface area contributed by atoms with Gasteiger partial charge in [0.15, 0.2) is 11.5 Å². The van der Waals surface area contributed by atoms with E-state index in [1.807, 2.05) is 0 Å². The zero-order chi connectivity index (χ0) is 12.1. The standard InChI is InChI=1S/C12H14O5/c1-2-14-12(13)5-6-15-9-3-4-10-11(7-9)17-8-16-10/h3-4,7H,2,5-6,8H2,1H3. The molecule has 0 bridgehead atoms. The van der Waals surface area contributed by atoms with Crippen molar-refractivity contribution in [3.8, 4) is 17.2 Å². The molecule has 0 radical (unpaired) electrons. The van der Waals surface area contributed by atoms with Crippen LogP contribution in [0.3, 0.4) is 0 Å². The molecule has 17 heavy (non-hydrogen) atoms. The smallest absolute Gasteiger partial charge is 0.309 e. The zero-order valence-corrected chi connectivity index (χ0v) is 9.60. The lowest BCUT2D eigenvalue weighted by atomic mass is 10.3. The third-order valence-electron chi connectivity index (χ3n) is 2.22. The van der Waals surface area contributed by atoms with Crippen molar-refractivity contribution in [1.29, 1.82) is 0 Å². The van der Waals surface area contributed by atoms with Gasteiger partial charge in [-0.15, -0.1) is 0 Å². The van der Waals surface area contributed by atoms with Crippen molar-refractivity contribution in [2.45, 2.75) is 13.3 Å². The Labute approximate surface area is 99.2 Å². The van der Waals surface area contributed by atoms with E-state index in [4.69, 9.17) is 18.9 Å². The normalized spacial score (nSPS) is 12.3. The molecule has 1 aromatic carbocycles. The summed E-state index contributed by atoms with van der Waals surface area (Å²) < 4.78 is 20.6. The van der Waals surface area contributed by atoms with E-state index in [1.54, 1.807) is 25.1 Å². The first-order chi connectivity index (χ1) is 8.29. The van der Waals surface area contributed by atoms with Crippen molar-refractivity contribution < 1.29 is 23.7 Å². The first-order valence-corrected chi connectivity index (χ1v) is 5.47. The molecule has 1 aliphatic heterocycles. The lowest BCUT2D eigenvalue weighted by molar-refractivity contribution is -0.143. The number of hydrogen-bond donors (Lipinski definition) is 0. The number of benzene rings is 1. The monoisotopic (exact) mass is 238 g/mol.